The zero-order valence-corrected chi connectivity index (χ0v) is 13.9. The van der Waals surface area contributed by atoms with Crippen molar-refractivity contribution in [2.75, 3.05) is 13.1 Å². The lowest BCUT2D eigenvalue weighted by Gasteiger charge is -2.10. The highest BCUT2D eigenvalue weighted by molar-refractivity contribution is 7.13. The van der Waals surface area contributed by atoms with Crippen LogP contribution in [0.15, 0.2) is 35.7 Å². The van der Waals surface area contributed by atoms with E-state index in [4.69, 9.17) is 0 Å². The summed E-state index contributed by atoms with van der Waals surface area (Å²) in [7, 11) is 0. The normalized spacial score (nSPS) is 17.0. The van der Waals surface area contributed by atoms with Gasteiger partial charge < -0.3 is 10.6 Å². The Labute approximate surface area is 140 Å². The van der Waals surface area contributed by atoms with E-state index in [1.807, 2.05) is 18.2 Å². The molecule has 0 aliphatic carbocycles. The number of thiazole rings is 1. The summed E-state index contributed by atoms with van der Waals surface area (Å²) < 4.78 is 0. The highest BCUT2D eigenvalue weighted by Crippen LogP contribution is 2.23. The molecule has 1 saturated heterocycles. The monoisotopic (exact) mass is 337 g/mol. The van der Waals surface area contributed by atoms with E-state index in [-0.39, 0.29) is 24.4 Å². The Bertz CT molecular complexity index is 596. The van der Waals surface area contributed by atoms with E-state index in [9.17, 15) is 4.79 Å². The summed E-state index contributed by atoms with van der Waals surface area (Å²) in [6.45, 7) is 1.60. The van der Waals surface area contributed by atoms with Gasteiger partial charge in [-0.25, -0.2) is 4.98 Å². The van der Waals surface area contributed by atoms with E-state index in [1.165, 1.54) is 0 Å². The summed E-state index contributed by atoms with van der Waals surface area (Å²) in [4.78, 5) is 16.5. The van der Waals surface area contributed by atoms with Crippen LogP contribution < -0.4 is 10.6 Å². The Morgan fingerprint density at radius 1 is 1.36 bits per heavy atom. The Morgan fingerprint density at radius 2 is 2.18 bits per heavy atom. The number of hydrogen-bond acceptors (Lipinski definition) is 4. The van der Waals surface area contributed by atoms with Crippen molar-refractivity contribution in [2.45, 2.75) is 25.3 Å². The molecule has 1 aromatic heterocycles. The van der Waals surface area contributed by atoms with Gasteiger partial charge in [-0.1, -0.05) is 30.3 Å². The first-order chi connectivity index (χ1) is 10.3. The van der Waals surface area contributed by atoms with Gasteiger partial charge in [0.2, 0.25) is 5.91 Å². The lowest BCUT2D eigenvalue weighted by atomic mass is 10.2. The molecule has 2 N–H and O–H groups in total. The van der Waals surface area contributed by atoms with Gasteiger partial charge >= 0.3 is 0 Å². The minimum absolute atomic E-state index is 0. The van der Waals surface area contributed by atoms with Crippen LogP contribution in [0.4, 0.5) is 0 Å². The molecule has 1 aliphatic rings. The van der Waals surface area contributed by atoms with Crippen molar-refractivity contribution >= 4 is 29.7 Å². The number of rotatable bonds is 5. The Hall–Kier alpha value is -1.43. The minimum atomic E-state index is 0. The molecule has 1 amide bonds. The smallest absolute Gasteiger partial charge is 0.237 e. The van der Waals surface area contributed by atoms with Gasteiger partial charge in [0, 0.05) is 23.9 Å². The van der Waals surface area contributed by atoms with Gasteiger partial charge in [0.05, 0.1) is 11.7 Å². The Balaban J connectivity index is 0.00000176. The number of amides is 1. The molecule has 1 atom stereocenters. The third-order valence-corrected chi connectivity index (χ3v) is 4.57. The largest absolute Gasteiger partial charge is 0.354 e. The number of benzene rings is 1. The average Bonchev–Trinajstić information content (AvgIpc) is 3.20. The molecule has 2 aromatic rings. The molecule has 1 unspecified atom stereocenters. The average molecular weight is 338 g/mol. The topological polar surface area (TPSA) is 54.0 Å². The number of halogens is 1. The third kappa shape index (κ3) is 4.29. The summed E-state index contributed by atoms with van der Waals surface area (Å²) in [6.07, 6.45) is 2.81. The molecule has 22 heavy (non-hydrogen) atoms. The quantitative estimate of drug-likeness (QED) is 0.882. The fourth-order valence-electron chi connectivity index (χ4n) is 2.48. The Morgan fingerprint density at radius 3 is 2.91 bits per heavy atom. The predicted molar refractivity (Wildman–Crippen MR) is 92.5 cm³/mol. The molecule has 0 spiro atoms. The van der Waals surface area contributed by atoms with E-state index >= 15 is 0 Å². The maximum Gasteiger partial charge on any atom is 0.237 e. The second kappa shape index (κ2) is 8.27. The van der Waals surface area contributed by atoms with Gasteiger partial charge in [0.15, 0.2) is 0 Å². The van der Waals surface area contributed by atoms with Crippen LogP contribution in [0.1, 0.15) is 18.5 Å². The predicted octanol–water partition coefficient (Wildman–Crippen LogP) is 2.64. The molecule has 6 heteroatoms. The lowest BCUT2D eigenvalue weighted by Crippen LogP contribution is -2.41. The van der Waals surface area contributed by atoms with Gasteiger partial charge in [0.1, 0.15) is 5.01 Å². The van der Waals surface area contributed by atoms with Gasteiger partial charge in [-0.2, -0.15) is 0 Å². The summed E-state index contributed by atoms with van der Waals surface area (Å²) in [5.41, 5.74) is 2.19. The SMILES string of the molecule is Cl.O=C(NCCc1csc(-c2ccccc2)n1)C1CCCN1. The number of carbonyl (C=O) groups is 1. The van der Waals surface area contributed by atoms with Crippen LogP contribution in [0.25, 0.3) is 10.6 Å². The van der Waals surface area contributed by atoms with Gasteiger partial charge in [-0.05, 0) is 19.4 Å². The van der Waals surface area contributed by atoms with Crippen molar-refractivity contribution in [3.05, 3.63) is 41.4 Å². The van der Waals surface area contributed by atoms with Crippen LogP contribution in [0.5, 0.6) is 0 Å². The van der Waals surface area contributed by atoms with E-state index in [0.29, 0.717) is 6.54 Å². The Kier molecular flexibility index (Phi) is 6.36. The molecular weight excluding hydrogens is 318 g/mol. The van der Waals surface area contributed by atoms with Crippen molar-refractivity contribution in [3.63, 3.8) is 0 Å². The van der Waals surface area contributed by atoms with Crippen molar-refractivity contribution < 1.29 is 4.79 Å². The molecule has 0 radical (unpaired) electrons. The fourth-order valence-corrected chi connectivity index (χ4v) is 3.34. The first-order valence-corrected chi connectivity index (χ1v) is 8.22. The summed E-state index contributed by atoms with van der Waals surface area (Å²) >= 11 is 1.65. The van der Waals surface area contributed by atoms with Crippen LogP contribution >= 0.6 is 23.7 Å². The fraction of sp³-hybridized carbons (Fsp3) is 0.375. The van der Waals surface area contributed by atoms with E-state index in [1.54, 1.807) is 11.3 Å². The van der Waals surface area contributed by atoms with Gasteiger partial charge in [0.25, 0.3) is 0 Å². The number of nitrogens with zero attached hydrogens (tertiary/aromatic N) is 1. The highest BCUT2D eigenvalue weighted by Gasteiger charge is 2.21. The summed E-state index contributed by atoms with van der Waals surface area (Å²) in [5, 5.41) is 9.30. The van der Waals surface area contributed by atoms with Gasteiger partial charge in [-0.3, -0.25) is 4.79 Å². The van der Waals surface area contributed by atoms with E-state index in [2.05, 4.69) is 33.1 Å². The maximum atomic E-state index is 11.9. The number of hydrogen-bond donors (Lipinski definition) is 2. The minimum Gasteiger partial charge on any atom is -0.354 e. The van der Waals surface area contributed by atoms with Crippen LogP contribution in [-0.2, 0) is 11.2 Å². The van der Waals surface area contributed by atoms with Gasteiger partial charge in [-0.15, -0.1) is 23.7 Å². The van der Waals surface area contributed by atoms with Crippen molar-refractivity contribution in [1.29, 1.82) is 0 Å². The van der Waals surface area contributed by atoms with Crippen molar-refractivity contribution in [2.24, 2.45) is 0 Å². The second-order valence-electron chi connectivity index (χ2n) is 5.20. The summed E-state index contributed by atoms with van der Waals surface area (Å²) in [5.74, 6) is 0.117. The molecule has 0 bridgehead atoms. The number of carbonyl (C=O) groups excluding carboxylic acids is 1. The molecule has 1 fully saturated rings. The first-order valence-electron chi connectivity index (χ1n) is 7.34. The van der Waals surface area contributed by atoms with Crippen LogP contribution in [0, 0.1) is 0 Å². The third-order valence-electron chi connectivity index (χ3n) is 3.63. The molecule has 3 rings (SSSR count). The molecule has 2 heterocycles. The van der Waals surface area contributed by atoms with Crippen molar-refractivity contribution in [1.82, 2.24) is 15.6 Å². The zero-order valence-electron chi connectivity index (χ0n) is 12.2. The molecule has 118 valence electrons. The number of aromatic nitrogens is 1. The second-order valence-corrected chi connectivity index (χ2v) is 6.06. The lowest BCUT2D eigenvalue weighted by molar-refractivity contribution is -0.122. The highest BCUT2D eigenvalue weighted by atomic mass is 35.5. The van der Waals surface area contributed by atoms with Crippen LogP contribution in [0.2, 0.25) is 0 Å². The first kappa shape index (κ1) is 16.9. The summed E-state index contributed by atoms with van der Waals surface area (Å²) in [6, 6.07) is 10.2. The molecule has 1 aliphatic heterocycles. The molecule has 0 saturated carbocycles. The standard InChI is InChI=1S/C16H19N3OS.ClH/c20-15(14-7-4-9-17-14)18-10-8-13-11-21-16(19-13)12-5-2-1-3-6-12;/h1-3,5-6,11,14,17H,4,7-10H2,(H,18,20);1H. The van der Waals surface area contributed by atoms with Crippen LogP contribution in [0.3, 0.4) is 0 Å². The molecule has 4 nitrogen and oxygen atoms in total. The number of nitrogens with one attached hydrogen (secondary N) is 2. The molecular formula is C16H20ClN3OS. The van der Waals surface area contributed by atoms with E-state index < -0.39 is 0 Å². The molecule has 1 aromatic carbocycles. The van der Waals surface area contributed by atoms with Crippen molar-refractivity contribution in [3.8, 4) is 10.6 Å². The maximum absolute atomic E-state index is 11.9. The van der Waals surface area contributed by atoms with E-state index in [0.717, 1.165) is 42.1 Å². The van der Waals surface area contributed by atoms with Crippen LogP contribution in [-0.4, -0.2) is 30.0 Å². The zero-order chi connectivity index (χ0) is 14.5.